The summed E-state index contributed by atoms with van der Waals surface area (Å²) in [7, 11) is 1.62. The van der Waals surface area contributed by atoms with Crippen molar-refractivity contribution in [1.29, 1.82) is 0 Å². The molecule has 184 valence electrons. The van der Waals surface area contributed by atoms with Gasteiger partial charge in [-0.05, 0) is 59.4 Å². The van der Waals surface area contributed by atoms with E-state index in [0.29, 0.717) is 5.75 Å². The van der Waals surface area contributed by atoms with Crippen LogP contribution >= 0.6 is 0 Å². The molecule has 4 aromatic carbocycles. The van der Waals surface area contributed by atoms with Crippen LogP contribution in [0.25, 0.3) is 38.8 Å². The third-order valence-electron chi connectivity index (χ3n) is 6.60. The molecule has 1 aromatic heterocycles. The molecule has 1 heterocycles. The molecule has 0 saturated heterocycles. The number of benzene rings is 4. The molecule has 0 atom stereocenters. The van der Waals surface area contributed by atoms with Gasteiger partial charge in [-0.2, -0.15) is 0 Å². The van der Waals surface area contributed by atoms with Crippen LogP contribution in [0.1, 0.15) is 25.0 Å². The Bertz CT molecular complexity index is 1560. The first-order valence-corrected chi connectivity index (χ1v) is 12.4. The lowest BCUT2D eigenvalue weighted by atomic mass is 9.97. The predicted molar refractivity (Wildman–Crippen MR) is 152 cm³/mol. The van der Waals surface area contributed by atoms with Crippen molar-refractivity contribution in [2.45, 2.75) is 20.3 Å². The zero-order chi connectivity index (χ0) is 25.8. The molecule has 0 fully saturated rings. The summed E-state index contributed by atoms with van der Waals surface area (Å²) >= 11 is 0. The first-order chi connectivity index (χ1) is 18.1. The fraction of sp³-hybridized carbons (Fsp3) is 0.121. The van der Waals surface area contributed by atoms with Gasteiger partial charge in [0.2, 0.25) is 5.91 Å². The number of fused-ring (bicyclic) bond motifs is 1. The minimum absolute atomic E-state index is 0.187. The van der Waals surface area contributed by atoms with Gasteiger partial charge in [0.25, 0.3) is 0 Å². The van der Waals surface area contributed by atoms with E-state index in [-0.39, 0.29) is 5.91 Å². The SMILES string of the molecule is CCc1ccc(NC(=O)/C=C(\C)c2cc3c(-c4ccc(-c5ccccc5)cc4)coc3cc2OC)cc1. The third kappa shape index (κ3) is 5.19. The minimum atomic E-state index is -0.187. The fourth-order valence-electron chi connectivity index (χ4n) is 4.50. The van der Waals surface area contributed by atoms with Crippen molar-refractivity contribution in [3.63, 3.8) is 0 Å². The maximum atomic E-state index is 12.8. The number of rotatable bonds is 7. The number of aryl methyl sites for hydroxylation is 1. The zero-order valence-corrected chi connectivity index (χ0v) is 21.2. The second-order valence-corrected chi connectivity index (χ2v) is 9.01. The van der Waals surface area contributed by atoms with Crippen molar-refractivity contribution >= 4 is 28.1 Å². The minimum Gasteiger partial charge on any atom is -0.496 e. The van der Waals surface area contributed by atoms with Crippen molar-refractivity contribution in [3.05, 3.63) is 114 Å². The van der Waals surface area contributed by atoms with Crippen LogP contribution in [0, 0.1) is 0 Å². The van der Waals surface area contributed by atoms with Gasteiger partial charge in [-0.15, -0.1) is 0 Å². The van der Waals surface area contributed by atoms with Crippen LogP contribution in [0.5, 0.6) is 5.75 Å². The topological polar surface area (TPSA) is 51.5 Å². The molecular weight excluding hydrogens is 458 g/mol. The van der Waals surface area contributed by atoms with Gasteiger partial charge in [-0.25, -0.2) is 0 Å². The summed E-state index contributed by atoms with van der Waals surface area (Å²) in [6.45, 7) is 4.02. The quantitative estimate of drug-likeness (QED) is 0.235. The highest BCUT2D eigenvalue weighted by Gasteiger charge is 2.15. The number of hydrogen-bond acceptors (Lipinski definition) is 3. The zero-order valence-electron chi connectivity index (χ0n) is 21.2. The molecule has 0 spiro atoms. The summed E-state index contributed by atoms with van der Waals surface area (Å²) in [5.74, 6) is 0.467. The second kappa shape index (κ2) is 10.6. The standard InChI is InChI=1S/C33H29NO3/c1-4-23-10-16-27(17-11-23)34-33(35)18-22(2)28-19-29-30(21-37-32(29)20-31(28)36-3)26-14-12-25(13-15-26)24-8-6-5-7-9-24/h5-21H,4H2,1-3H3,(H,34,35)/b22-18+. The second-order valence-electron chi connectivity index (χ2n) is 9.01. The summed E-state index contributed by atoms with van der Waals surface area (Å²) in [5, 5.41) is 3.91. The third-order valence-corrected chi connectivity index (χ3v) is 6.60. The number of anilines is 1. The van der Waals surface area contributed by atoms with E-state index in [0.717, 1.165) is 50.9 Å². The average Bonchev–Trinajstić information content (AvgIpc) is 3.36. The van der Waals surface area contributed by atoms with Gasteiger partial charge < -0.3 is 14.5 Å². The van der Waals surface area contributed by atoms with E-state index in [4.69, 9.17) is 9.15 Å². The van der Waals surface area contributed by atoms with Crippen LogP contribution in [-0.4, -0.2) is 13.0 Å². The van der Waals surface area contributed by atoms with Crippen LogP contribution in [-0.2, 0) is 11.2 Å². The van der Waals surface area contributed by atoms with Crippen molar-refractivity contribution < 1.29 is 13.9 Å². The molecule has 5 aromatic rings. The van der Waals surface area contributed by atoms with E-state index in [9.17, 15) is 4.79 Å². The van der Waals surface area contributed by atoms with Crippen molar-refractivity contribution in [2.24, 2.45) is 0 Å². The molecule has 37 heavy (non-hydrogen) atoms. The van der Waals surface area contributed by atoms with Gasteiger partial charge in [0.05, 0.1) is 13.4 Å². The Balaban J connectivity index is 1.45. The Morgan fingerprint density at radius 2 is 1.57 bits per heavy atom. The first kappa shape index (κ1) is 24.1. The van der Waals surface area contributed by atoms with Crippen LogP contribution in [0.15, 0.2) is 108 Å². The van der Waals surface area contributed by atoms with Crippen molar-refractivity contribution in [2.75, 3.05) is 12.4 Å². The Morgan fingerprint density at radius 1 is 0.892 bits per heavy atom. The van der Waals surface area contributed by atoms with E-state index in [1.165, 1.54) is 11.1 Å². The highest BCUT2D eigenvalue weighted by molar-refractivity contribution is 6.05. The van der Waals surface area contributed by atoms with Crippen LogP contribution < -0.4 is 10.1 Å². The molecule has 4 heteroatoms. The molecular formula is C33H29NO3. The van der Waals surface area contributed by atoms with E-state index in [2.05, 4.69) is 48.6 Å². The van der Waals surface area contributed by atoms with Crippen molar-refractivity contribution in [1.82, 2.24) is 0 Å². The summed E-state index contributed by atoms with van der Waals surface area (Å²) in [5.41, 5.74) is 8.76. The number of carbonyl (C=O) groups excluding carboxylic acids is 1. The Labute approximate surface area is 217 Å². The highest BCUT2D eigenvalue weighted by Crippen LogP contribution is 2.38. The first-order valence-electron chi connectivity index (χ1n) is 12.4. The van der Waals surface area contributed by atoms with Gasteiger partial charge >= 0.3 is 0 Å². The lowest BCUT2D eigenvalue weighted by Crippen LogP contribution is -2.08. The molecule has 0 unspecified atom stereocenters. The molecule has 5 rings (SSSR count). The van der Waals surface area contributed by atoms with Gasteiger partial charge in [-0.3, -0.25) is 4.79 Å². The normalized spacial score (nSPS) is 11.5. The molecule has 1 N–H and O–H groups in total. The molecule has 1 amide bonds. The predicted octanol–water partition coefficient (Wildman–Crippen LogP) is 8.38. The van der Waals surface area contributed by atoms with E-state index < -0.39 is 0 Å². The smallest absolute Gasteiger partial charge is 0.248 e. The molecule has 4 nitrogen and oxygen atoms in total. The van der Waals surface area contributed by atoms with Gasteiger partial charge in [0.1, 0.15) is 11.3 Å². The summed E-state index contributed by atoms with van der Waals surface area (Å²) in [6, 6.07) is 30.6. The largest absolute Gasteiger partial charge is 0.496 e. The van der Waals surface area contributed by atoms with Gasteiger partial charge in [0.15, 0.2) is 0 Å². The Morgan fingerprint density at radius 3 is 2.24 bits per heavy atom. The molecule has 0 aliphatic heterocycles. The van der Waals surface area contributed by atoms with E-state index in [1.54, 1.807) is 19.4 Å². The number of allylic oxidation sites excluding steroid dienone is 1. The molecule has 0 bridgehead atoms. The van der Waals surface area contributed by atoms with Crippen LogP contribution in [0.3, 0.4) is 0 Å². The van der Waals surface area contributed by atoms with Gasteiger partial charge in [-0.1, -0.05) is 73.7 Å². The van der Waals surface area contributed by atoms with E-state index >= 15 is 0 Å². The molecule has 0 radical (unpaired) electrons. The number of nitrogens with one attached hydrogen (secondary N) is 1. The summed E-state index contributed by atoms with van der Waals surface area (Å²) in [6.07, 6.45) is 4.34. The number of ether oxygens (including phenoxy) is 1. The number of carbonyl (C=O) groups is 1. The number of amides is 1. The number of methoxy groups -OCH3 is 1. The van der Waals surface area contributed by atoms with E-state index in [1.807, 2.05) is 61.5 Å². The molecule has 0 saturated carbocycles. The maximum absolute atomic E-state index is 12.8. The van der Waals surface area contributed by atoms with Crippen LogP contribution in [0.2, 0.25) is 0 Å². The van der Waals surface area contributed by atoms with Gasteiger partial charge in [0, 0.05) is 34.3 Å². The molecule has 0 aliphatic rings. The monoisotopic (exact) mass is 487 g/mol. The van der Waals surface area contributed by atoms with Crippen LogP contribution in [0.4, 0.5) is 5.69 Å². The lowest BCUT2D eigenvalue weighted by Gasteiger charge is -2.10. The summed E-state index contributed by atoms with van der Waals surface area (Å²) in [4.78, 5) is 12.8. The van der Waals surface area contributed by atoms with Crippen molar-refractivity contribution in [3.8, 4) is 28.0 Å². The average molecular weight is 488 g/mol. The lowest BCUT2D eigenvalue weighted by molar-refractivity contribution is -0.111. The molecule has 0 aliphatic carbocycles. The summed E-state index contributed by atoms with van der Waals surface area (Å²) < 4.78 is 11.5. The Kier molecular flexibility index (Phi) is 6.91. The Hall–Kier alpha value is -4.57. The number of hydrogen-bond donors (Lipinski definition) is 1. The fourth-order valence-corrected chi connectivity index (χ4v) is 4.50. The highest BCUT2D eigenvalue weighted by atomic mass is 16.5. The maximum Gasteiger partial charge on any atom is 0.248 e. The number of furan rings is 1.